The Balaban J connectivity index is 1.88. The van der Waals surface area contributed by atoms with Gasteiger partial charge < -0.3 is 14.3 Å². The van der Waals surface area contributed by atoms with E-state index in [1.807, 2.05) is 0 Å². The Labute approximate surface area is 86.1 Å². The van der Waals surface area contributed by atoms with E-state index in [1.54, 1.807) is 6.92 Å². The smallest absolute Gasteiger partial charge is 0.358 e. The molecule has 1 aromatic heterocycles. The molecule has 3 rings (SSSR count). The third-order valence-electron chi connectivity index (χ3n) is 3.25. The van der Waals surface area contributed by atoms with Gasteiger partial charge in [0, 0.05) is 5.92 Å². The summed E-state index contributed by atoms with van der Waals surface area (Å²) in [4.78, 5) is 14.8. The van der Waals surface area contributed by atoms with Crippen molar-refractivity contribution < 1.29 is 19.1 Å². The summed E-state index contributed by atoms with van der Waals surface area (Å²) in [6, 6.07) is 0. The minimum absolute atomic E-state index is 0.0379. The van der Waals surface area contributed by atoms with Crippen LogP contribution < -0.4 is 0 Å². The lowest BCUT2D eigenvalue weighted by Crippen LogP contribution is -2.00. The molecule has 0 spiro atoms. The highest BCUT2D eigenvalue weighted by Gasteiger charge is 2.57. The fraction of sp³-hybridized carbons (Fsp3) is 0.600. The van der Waals surface area contributed by atoms with Gasteiger partial charge in [-0.1, -0.05) is 0 Å². The molecule has 1 saturated heterocycles. The van der Waals surface area contributed by atoms with E-state index in [4.69, 9.17) is 14.3 Å². The fourth-order valence-electron chi connectivity index (χ4n) is 2.36. The standard InChI is InChI=1S/C10H11NO4/c1-4-8(10(12)13)11-9(15-4)7-5-2-14-3-6(5)7/h5-7H,2-3H2,1H3,(H,12,13). The van der Waals surface area contributed by atoms with Gasteiger partial charge in [-0.05, 0) is 18.8 Å². The van der Waals surface area contributed by atoms with Gasteiger partial charge in [-0.3, -0.25) is 0 Å². The largest absolute Gasteiger partial charge is 0.476 e. The molecule has 0 bridgehead atoms. The second-order valence-electron chi connectivity index (χ2n) is 4.15. The Morgan fingerprint density at radius 3 is 2.67 bits per heavy atom. The number of carboxylic acids is 1. The number of ether oxygens (including phenoxy) is 1. The highest BCUT2D eigenvalue weighted by atomic mass is 16.5. The third kappa shape index (κ3) is 1.19. The first-order valence-corrected chi connectivity index (χ1v) is 4.97. The molecule has 0 radical (unpaired) electrons. The molecule has 80 valence electrons. The lowest BCUT2D eigenvalue weighted by Gasteiger charge is -1.98. The highest BCUT2D eigenvalue weighted by molar-refractivity contribution is 5.86. The molecule has 2 heterocycles. The Morgan fingerprint density at radius 1 is 1.47 bits per heavy atom. The second kappa shape index (κ2) is 2.82. The quantitative estimate of drug-likeness (QED) is 0.787. The number of nitrogens with zero attached hydrogens (tertiary/aromatic N) is 1. The Morgan fingerprint density at radius 2 is 2.13 bits per heavy atom. The van der Waals surface area contributed by atoms with Crippen molar-refractivity contribution in [1.29, 1.82) is 0 Å². The van der Waals surface area contributed by atoms with Gasteiger partial charge in [0.25, 0.3) is 0 Å². The number of oxazole rings is 1. The predicted octanol–water partition coefficient (Wildman–Crippen LogP) is 1.04. The minimum atomic E-state index is -1.02. The molecule has 5 heteroatoms. The molecule has 0 amide bonds. The van der Waals surface area contributed by atoms with Crippen LogP contribution in [0, 0.1) is 18.8 Å². The van der Waals surface area contributed by atoms with Crippen LogP contribution in [0.15, 0.2) is 4.42 Å². The number of aromatic carboxylic acids is 1. The van der Waals surface area contributed by atoms with Crippen molar-refractivity contribution in [2.75, 3.05) is 13.2 Å². The van der Waals surface area contributed by atoms with Gasteiger partial charge in [0.1, 0.15) is 5.76 Å². The minimum Gasteiger partial charge on any atom is -0.476 e. The first-order chi connectivity index (χ1) is 7.18. The van der Waals surface area contributed by atoms with Crippen molar-refractivity contribution in [3.05, 3.63) is 17.3 Å². The number of carbonyl (C=O) groups is 1. The van der Waals surface area contributed by atoms with Crippen LogP contribution in [0.3, 0.4) is 0 Å². The normalized spacial score (nSPS) is 32.7. The second-order valence-corrected chi connectivity index (χ2v) is 4.15. The molecular weight excluding hydrogens is 198 g/mol. The van der Waals surface area contributed by atoms with Crippen LogP contribution in [0.5, 0.6) is 0 Å². The average molecular weight is 209 g/mol. The van der Waals surface area contributed by atoms with Gasteiger partial charge >= 0.3 is 5.97 Å². The Hall–Kier alpha value is -1.36. The number of aromatic nitrogens is 1. The summed E-state index contributed by atoms with van der Waals surface area (Å²) in [5, 5.41) is 8.84. The number of hydrogen-bond donors (Lipinski definition) is 1. The van der Waals surface area contributed by atoms with E-state index in [-0.39, 0.29) is 11.6 Å². The number of carboxylic acid groups (broad SMARTS) is 1. The predicted molar refractivity (Wildman–Crippen MR) is 48.7 cm³/mol. The van der Waals surface area contributed by atoms with Gasteiger partial charge in [-0.2, -0.15) is 0 Å². The molecule has 5 nitrogen and oxygen atoms in total. The topological polar surface area (TPSA) is 72.6 Å². The summed E-state index contributed by atoms with van der Waals surface area (Å²) < 4.78 is 10.6. The van der Waals surface area contributed by atoms with Gasteiger partial charge in [-0.15, -0.1) is 0 Å². The molecule has 0 aromatic carbocycles. The van der Waals surface area contributed by atoms with Crippen LogP contribution in [0.1, 0.15) is 28.1 Å². The van der Waals surface area contributed by atoms with Gasteiger partial charge in [0.15, 0.2) is 11.6 Å². The first kappa shape index (κ1) is 8.91. The maximum Gasteiger partial charge on any atom is 0.358 e. The molecule has 1 aliphatic carbocycles. The summed E-state index contributed by atoms with van der Waals surface area (Å²) in [6.07, 6.45) is 0. The number of fused-ring (bicyclic) bond motifs is 1. The maximum atomic E-state index is 10.8. The SMILES string of the molecule is Cc1oc(C2C3COCC32)nc1C(=O)O. The molecule has 1 saturated carbocycles. The Bertz CT molecular complexity index is 415. The third-order valence-corrected chi connectivity index (χ3v) is 3.25. The van der Waals surface area contributed by atoms with E-state index in [9.17, 15) is 4.79 Å². The van der Waals surface area contributed by atoms with E-state index in [0.717, 1.165) is 13.2 Å². The van der Waals surface area contributed by atoms with Crippen LogP contribution in [-0.2, 0) is 4.74 Å². The van der Waals surface area contributed by atoms with Crippen LogP contribution in [0.4, 0.5) is 0 Å². The van der Waals surface area contributed by atoms with Crippen LogP contribution >= 0.6 is 0 Å². The summed E-state index contributed by atoms with van der Waals surface area (Å²) in [5.41, 5.74) is 0.0379. The molecule has 2 unspecified atom stereocenters. The zero-order chi connectivity index (χ0) is 10.6. The van der Waals surface area contributed by atoms with E-state index in [0.29, 0.717) is 23.5 Å². The molecule has 1 aromatic rings. The summed E-state index contributed by atoms with van der Waals surface area (Å²) in [6.45, 7) is 3.13. The van der Waals surface area contributed by atoms with Crippen molar-refractivity contribution in [3.8, 4) is 0 Å². The lowest BCUT2D eigenvalue weighted by molar-refractivity contribution is 0.0689. The average Bonchev–Trinajstić information content (AvgIpc) is 2.62. The fourth-order valence-corrected chi connectivity index (χ4v) is 2.36. The summed E-state index contributed by atoms with van der Waals surface area (Å²) in [5.74, 6) is 1.20. The van der Waals surface area contributed by atoms with Crippen LogP contribution in [0.25, 0.3) is 0 Å². The van der Waals surface area contributed by atoms with E-state index in [1.165, 1.54) is 0 Å². The molecule has 2 aliphatic rings. The molecular formula is C10H11NO4. The van der Waals surface area contributed by atoms with Crippen LogP contribution in [-0.4, -0.2) is 29.3 Å². The lowest BCUT2D eigenvalue weighted by atomic mass is 10.3. The van der Waals surface area contributed by atoms with Gasteiger partial charge in [0.05, 0.1) is 13.2 Å². The Kier molecular flexibility index (Phi) is 1.68. The van der Waals surface area contributed by atoms with Crippen molar-refractivity contribution >= 4 is 5.97 Å². The van der Waals surface area contributed by atoms with Crippen molar-refractivity contribution in [1.82, 2.24) is 4.98 Å². The zero-order valence-electron chi connectivity index (χ0n) is 8.27. The number of aryl methyl sites for hydroxylation is 1. The summed E-state index contributed by atoms with van der Waals surface area (Å²) >= 11 is 0. The maximum absolute atomic E-state index is 10.8. The number of rotatable bonds is 2. The van der Waals surface area contributed by atoms with Crippen molar-refractivity contribution in [3.63, 3.8) is 0 Å². The van der Waals surface area contributed by atoms with E-state index >= 15 is 0 Å². The van der Waals surface area contributed by atoms with Crippen molar-refractivity contribution in [2.45, 2.75) is 12.8 Å². The first-order valence-electron chi connectivity index (χ1n) is 4.97. The van der Waals surface area contributed by atoms with Crippen molar-refractivity contribution in [2.24, 2.45) is 11.8 Å². The van der Waals surface area contributed by atoms with E-state index < -0.39 is 5.97 Å². The molecule has 2 fully saturated rings. The molecule has 2 atom stereocenters. The monoisotopic (exact) mass is 209 g/mol. The summed E-state index contributed by atoms with van der Waals surface area (Å²) in [7, 11) is 0. The number of hydrogen-bond acceptors (Lipinski definition) is 4. The van der Waals surface area contributed by atoms with Gasteiger partial charge in [-0.25, -0.2) is 9.78 Å². The van der Waals surface area contributed by atoms with Crippen LogP contribution in [0.2, 0.25) is 0 Å². The molecule has 1 aliphatic heterocycles. The molecule has 1 N–H and O–H groups in total. The zero-order valence-corrected chi connectivity index (χ0v) is 8.27. The highest BCUT2D eigenvalue weighted by Crippen LogP contribution is 2.57. The molecule has 15 heavy (non-hydrogen) atoms. The van der Waals surface area contributed by atoms with Gasteiger partial charge in [0.2, 0.25) is 0 Å². The van der Waals surface area contributed by atoms with E-state index in [2.05, 4.69) is 4.98 Å².